The van der Waals surface area contributed by atoms with Gasteiger partial charge >= 0.3 is 0 Å². The molecule has 1 rings (SSSR count). The lowest BCUT2D eigenvalue weighted by Gasteiger charge is -2.38. The number of rotatable bonds is 0. The highest BCUT2D eigenvalue weighted by atomic mass is 14.4. The first-order valence-electron chi connectivity index (χ1n) is 4.06. The smallest absolute Gasteiger partial charge is 0.00881 e. The van der Waals surface area contributed by atoms with E-state index >= 15 is 0 Å². The average Bonchev–Trinajstić information content (AvgIpc) is 1.84. The molecule has 0 heteroatoms. The van der Waals surface area contributed by atoms with Crippen molar-refractivity contribution in [1.82, 2.24) is 0 Å². The molecule has 0 saturated heterocycles. The second kappa shape index (κ2) is 2.41. The Hall–Kier alpha value is -0.260. The number of allylic oxidation sites excluding steroid dienone is 1. The van der Waals surface area contributed by atoms with Gasteiger partial charge in [0.2, 0.25) is 0 Å². The van der Waals surface area contributed by atoms with Crippen molar-refractivity contribution in [1.29, 1.82) is 0 Å². The lowest BCUT2D eigenvalue weighted by atomic mass is 9.67. The maximum Gasteiger partial charge on any atom is -0.00881 e. The molecule has 1 radical (unpaired) electrons. The molecule has 0 aromatic heterocycles. The molecule has 0 amide bonds. The quantitative estimate of drug-likeness (QED) is 0.449. The monoisotopic (exact) mass is 137 g/mol. The van der Waals surface area contributed by atoms with Crippen LogP contribution < -0.4 is 0 Å². The lowest BCUT2D eigenvalue weighted by Crippen LogP contribution is -2.25. The fourth-order valence-electron chi connectivity index (χ4n) is 1.49. The minimum absolute atomic E-state index is 0.318. The van der Waals surface area contributed by atoms with Crippen LogP contribution in [0.1, 0.15) is 40.0 Å². The first-order chi connectivity index (χ1) is 4.55. The van der Waals surface area contributed by atoms with Crippen molar-refractivity contribution in [3.63, 3.8) is 0 Å². The zero-order valence-electron chi connectivity index (χ0n) is 7.33. The minimum atomic E-state index is 0.318. The molecule has 10 heavy (non-hydrogen) atoms. The van der Waals surface area contributed by atoms with Crippen LogP contribution in [0.4, 0.5) is 0 Å². The van der Waals surface area contributed by atoms with Crippen molar-refractivity contribution in [2.45, 2.75) is 40.0 Å². The first-order valence-corrected chi connectivity index (χ1v) is 4.06. The van der Waals surface area contributed by atoms with Crippen molar-refractivity contribution in [2.75, 3.05) is 0 Å². The summed E-state index contributed by atoms with van der Waals surface area (Å²) in [6.45, 7) is 10.9. The van der Waals surface area contributed by atoms with Gasteiger partial charge in [0.05, 0.1) is 0 Å². The van der Waals surface area contributed by atoms with Crippen LogP contribution in [0.5, 0.6) is 0 Å². The maximum absolute atomic E-state index is 4.10. The summed E-state index contributed by atoms with van der Waals surface area (Å²) in [5, 5.41) is 0. The molecule has 57 valence electrons. The summed E-state index contributed by atoms with van der Waals surface area (Å²) in [5.41, 5.74) is 1.73. The van der Waals surface area contributed by atoms with Crippen LogP contribution in [0.25, 0.3) is 0 Å². The summed E-state index contributed by atoms with van der Waals surface area (Å²) in [5.74, 6) is 1.60. The standard InChI is InChI=1S/C10H17/c1-8-6-5-7-9(2)10(8,3)4/h1,5-7H2,2-4H3. The first kappa shape index (κ1) is 7.84. The highest BCUT2D eigenvalue weighted by Crippen LogP contribution is 2.44. The van der Waals surface area contributed by atoms with Gasteiger partial charge in [-0.1, -0.05) is 32.9 Å². The molecule has 0 spiro atoms. The Morgan fingerprint density at radius 3 is 2.30 bits per heavy atom. The summed E-state index contributed by atoms with van der Waals surface area (Å²) in [6.07, 6.45) is 3.84. The summed E-state index contributed by atoms with van der Waals surface area (Å²) >= 11 is 0. The van der Waals surface area contributed by atoms with Crippen molar-refractivity contribution < 1.29 is 0 Å². The van der Waals surface area contributed by atoms with E-state index < -0.39 is 0 Å². The fraction of sp³-hybridized carbons (Fsp3) is 0.700. The van der Waals surface area contributed by atoms with E-state index in [0.717, 1.165) is 0 Å². The molecule has 0 atom stereocenters. The molecule has 0 bridgehead atoms. The van der Waals surface area contributed by atoms with Crippen molar-refractivity contribution in [3.05, 3.63) is 18.1 Å². The molecule has 0 aromatic rings. The molecule has 0 nitrogen and oxygen atoms in total. The van der Waals surface area contributed by atoms with E-state index in [0.29, 0.717) is 5.41 Å². The van der Waals surface area contributed by atoms with E-state index in [-0.39, 0.29) is 0 Å². The topological polar surface area (TPSA) is 0 Å². The van der Waals surface area contributed by atoms with Gasteiger partial charge in [0.1, 0.15) is 0 Å². The molecular weight excluding hydrogens is 120 g/mol. The summed E-state index contributed by atoms with van der Waals surface area (Å²) in [4.78, 5) is 0. The second-order valence-corrected chi connectivity index (χ2v) is 3.86. The molecule has 0 aliphatic heterocycles. The third kappa shape index (κ3) is 1.12. The molecule has 1 fully saturated rings. The van der Waals surface area contributed by atoms with E-state index in [9.17, 15) is 0 Å². The predicted octanol–water partition coefficient (Wildman–Crippen LogP) is 3.35. The van der Waals surface area contributed by atoms with E-state index in [1.807, 2.05) is 0 Å². The van der Waals surface area contributed by atoms with Gasteiger partial charge in [-0.05, 0) is 30.6 Å². The van der Waals surface area contributed by atoms with Gasteiger partial charge < -0.3 is 0 Å². The van der Waals surface area contributed by atoms with Crippen LogP contribution >= 0.6 is 0 Å². The summed E-state index contributed by atoms with van der Waals surface area (Å²) < 4.78 is 0. The average molecular weight is 137 g/mol. The van der Waals surface area contributed by atoms with Crippen LogP contribution in [0, 0.1) is 11.3 Å². The maximum atomic E-state index is 4.10. The highest BCUT2D eigenvalue weighted by molar-refractivity contribution is 5.21. The predicted molar refractivity (Wildman–Crippen MR) is 45.7 cm³/mol. The molecule has 0 unspecified atom stereocenters. The van der Waals surface area contributed by atoms with Crippen LogP contribution in [0.2, 0.25) is 0 Å². The van der Waals surface area contributed by atoms with E-state index in [2.05, 4.69) is 27.4 Å². The van der Waals surface area contributed by atoms with Gasteiger partial charge in [-0.2, -0.15) is 0 Å². The largest absolute Gasteiger partial charge is 0.0993 e. The van der Waals surface area contributed by atoms with Gasteiger partial charge in [-0.15, -0.1) is 0 Å². The molecule has 1 saturated carbocycles. The minimum Gasteiger partial charge on any atom is -0.0993 e. The van der Waals surface area contributed by atoms with Crippen molar-refractivity contribution in [2.24, 2.45) is 5.41 Å². The Morgan fingerprint density at radius 1 is 1.30 bits per heavy atom. The van der Waals surface area contributed by atoms with Gasteiger partial charge in [-0.25, -0.2) is 0 Å². The SMILES string of the molecule is C=C1CCC[C](C)C1(C)C. The third-order valence-electron chi connectivity index (χ3n) is 2.98. The van der Waals surface area contributed by atoms with Crippen molar-refractivity contribution >= 4 is 0 Å². The zero-order valence-corrected chi connectivity index (χ0v) is 7.33. The molecule has 1 aliphatic carbocycles. The fourth-order valence-corrected chi connectivity index (χ4v) is 1.49. The molecule has 0 N–H and O–H groups in total. The van der Waals surface area contributed by atoms with Gasteiger partial charge in [0.15, 0.2) is 0 Å². The van der Waals surface area contributed by atoms with Gasteiger partial charge in [-0.3, -0.25) is 0 Å². The molecular formula is C10H17. The Kier molecular flexibility index (Phi) is 1.89. The zero-order chi connectivity index (χ0) is 7.78. The lowest BCUT2D eigenvalue weighted by molar-refractivity contribution is 0.381. The van der Waals surface area contributed by atoms with Gasteiger partial charge in [0.25, 0.3) is 0 Å². The van der Waals surface area contributed by atoms with Crippen LogP contribution in [-0.2, 0) is 0 Å². The summed E-state index contributed by atoms with van der Waals surface area (Å²) in [6, 6.07) is 0. The van der Waals surface area contributed by atoms with Crippen molar-refractivity contribution in [3.8, 4) is 0 Å². The number of hydrogen-bond donors (Lipinski definition) is 0. The second-order valence-electron chi connectivity index (χ2n) is 3.86. The van der Waals surface area contributed by atoms with E-state index in [1.165, 1.54) is 24.8 Å². The Balaban J connectivity index is 2.73. The highest BCUT2D eigenvalue weighted by Gasteiger charge is 2.31. The Morgan fingerprint density at radius 2 is 1.90 bits per heavy atom. The Bertz CT molecular complexity index is 142. The van der Waals surface area contributed by atoms with Gasteiger partial charge in [0, 0.05) is 0 Å². The van der Waals surface area contributed by atoms with E-state index in [1.54, 1.807) is 5.92 Å². The molecule has 0 aromatic carbocycles. The van der Waals surface area contributed by atoms with Crippen LogP contribution in [0.3, 0.4) is 0 Å². The van der Waals surface area contributed by atoms with Crippen LogP contribution in [0.15, 0.2) is 12.2 Å². The molecule has 1 aliphatic rings. The molecule has 0 heterocycles. The van der Waals surface area contributed by atoms with E-state index in [4.69, 9.17) is 0 Å². The summed E-state index contributed by atoms with van der Waals surface area (Å²) in [7, 11) is 0. The third-order valence-corrected chi connectivity index (χ3v) is 2.98. The normalized spacial score (nSPS) is 26.9. The number of hydrogen-bond acceptors (Lipinski definition) is 0. The Labute approximate surface area is 64.3 Å². The van der Waals surface area contributed by atoms with Crippen LogP contribution in [-0.4, -0.2) is 0 Å².